The molecule has 0 spiro atoms. The quantitative estimate of drug-likeness (QED) is 0.621. The average molecular weight is 466 g/mol. The molecule has 32 heavy (non-hydrogen) atoms. The number of nitrogens with one attached hydrogen (secondary N) is 1. The molecule has 1 fully saturated rings. The van der Waals surface area contributed by atoms with Gasteiger partial charge in [-0.1, -0.05) is 12.1 Å². The van der Waals surface area contributed by atoms with E-state index in [0.717, 1.165) is 23.4 Å². The topological polar surface area (TPSA) is 80.1 Å². The Hall–Kier alpha value is -2.92. The van der Waals surface area contributed by atoms with Gasteiger partial charge in [-0.25, -0.2) is 13.4 Å². The first-order chi connectivity index (χ1) is 15.1. The van der Waals surface area contributed by atoms with Crippen LogP contribution in [0.25, 0.3) is 11.1 Å². The van der Waals surface area contributed by atoms with E-state index >= 15 is 0 Å². The molecule has 0 unspecified atom stereocenters. The molecule has 170 valence electrons. The third-order valence-corrected chi connectivity index (χ3v) is 7.34. The number of halogens is 3. The molecular weight excluding hydrogens is 443 g/mol. The zero-order valence-electron chi connectivity index (χ0n) is 17.2. The van der Waals surface area contributed by atoms with E-state index in [1.807, 2.05) is 13.2 Å². The van der Waals surface area contributed by atoms with E-state index < -0.39 is 21.8 Å². The lowest BCUT2D eigenvalue weighted by Gasteiger charge is -2.32. The number of rotatable bonds is 5. The lowest BCUT2D eigenvalue weighted by Crippen LogP contribution is -2.42. The number of aryl methyl sites for hydroxylation is 1. The minimum absolute atomic E-state index is 0.0707. The fraction of sp³-hybridized carbons (Fsp3) is 0.333. The van der Waals surface area contributed by atoms with E-state index in [2.05, 4.69) is 15.4 Å². The first-order valence-corrected chi connectivity index (χ1v) is 11.5. The maximum atomic E-state index is 13.0. The smallest absolute Gasteiger partial charge is 0.367 e. The summed E-state index contributed by atoms with van der Waals surface area (Å²) in [6.45, 7) is 0.621. The Labute approximate surface area is 183 Å². The highest BCUT2D eigenvalue weighted by Gasteiger charge is 2.31. The molecule has 0 saturated carbocycles. The molecule has 0 amide bonds. The van der Waals surface area contributed by atoms with Crippen LogP contribution in [0.15, 0.2) is 59.9 Å². The van der Waals surface area contributed by atoms with Crippen LogP contribution in [0.2, 0.25) is 0 Å². The number of hydrogen-bond acceptors (Lipinski definition) is 5. The van der Waals surface area contributed by atoms with Crippen molar-refractivity contribution in [3.63, 3.8) is 0 Å². The van der Waals surface area contributed by atoms with E-state index in [9.17, 15) is 21.6 Å². The summed E-state index contributed by atoms with van der Waals surface area (Å²) in [6, 6.07) is 8.89. The maximum absolute atomic E-state index is 13.0. The van der Waals surface area contributed by atoms with Gasteiger partial charge in [-0.05, 0) is 42.7 Å². The zero-order valence-corrected chi connectivity index (χ0v) is 18.1. The second-order valence-corrected chi connectivity index (χ2v) is 9.62. The second kappa shape index (κ2) is 8.55. The summed E-state index contributed by atoms with van der Waals surface area (Å²) in [5, 5.41) is 7.21. The Kier molecular flexibility index (Phi) is 5.95. The van der Waals surface area contributed by atoms with Crippen LogP contribution in [-0.4, -0.2) is 46.6 Å². The molecule has 0 aliphatic carbocycles. The molecule has 1 aromatic carbocycles. The Balaban J connectivity index is 1.37. The number of piperidine rings is 1. The number of sulfonamides is 1. The Morgan fingerprint density at radius 2 is 1.69 bits per heavy atom. The third-order valence-electron chi connectivity index (χ3n) is 5.43. The molecule has 1 saturated heterocycles. The summed E-state index contributed by atoms with van der Waals surface area (Å²) in [7, 11) is -1.82. The predicted octanol–water partition coefficient (Wildman–Crippen LogP) is 3.77. The van der Waals surface area contributed by atoms with Crippen molar-refractivity contribution in [2.75, 3.05) is 18.4 Å². The third kappa shape index (κ3) is 4.78. The predicted molar refractivity (Wildman–Crippen MR) is 113 cm³/mol. The number of nitrogens with zero attached hydrogens (tertiary/aromatic N) is 4. The maximum Gasteiger partial charge on any atom is 0.417 e. The minimum Gasteiger partial charge on any atom is -0.367 e. The van der Waals surface area contributed by atoms with Crippen molar-refractivity contribution in [3.8, 4) is 11.1 Å². The van der Waals surface area contributed by atoms with Gasteiger partial charge in [0.25, 0.3) is 0 Å². The highest BCUT2D eigenvalue weighted by Crippen LogP contribution is 2.29. The standard InChI is InChI=1S/C21H22F3N5O2S/c1-28-14-16(12-26-28)15-2-5-19(6-3-15)32(30,31)29-10-8-18(9-11-29)27-20-7-4-17(13-25-20)21(22,23)24/h2-7,12-14,18H,8-11H2,1H3,(H,25,27). The Bertz CT molecular complexity index is 1170. The zero-order chi connectivity index (χ0) is 22.9. The van der Waals surface area contributed by atoms with E-state index in [0.29, 0.717) is 31.7 Å². The summed E-state index contributed by atoms with van der Waals surface area (Å²) >= 11 is 0. The van der Waals surface area contributed by atoms with Crippen LogP contribution in [0.5, 0.6) is 0 Å². The molecule has 3 aromatic rings. The van der Waals surface area contributed by atoms with Gasteiger partial charge < -0.3 is 5.32 Å². The average Bonchev–Trinajstić information content (AvgIpc) is 3.20. The van der Waals surface area contributed by atoms with Gasteiger partial charge in [-0.15, -0.1) is 0 Å². The monoisotopic (exact) mass is 465 g/mol. The molecule has 0 bridgehead atoms. The number of alkyl halides is 3. The highest BCUT2D eigenvalue weighted by molar-refractivity contribution is 7.89. The van der Waals surface area contributed by atoms with E-state index in [1.54, 1.807) is 35.1 Å². The SMILES string of the molecule is Cn1cc(-c2ccc(S(=O)(=O)N3CCC(Nc4ccc(C(F)(F)F)cn4)CC3)cc2)cn1. The molecule has 11 heteroatoms. The molecule has 4 rings (SSSR count). The van der Waals surface area contributed by atoms with Crippen molar-refractivity contribution in [3.05, 3.63) is 60.6 Å². The van der Waals surface area contributed by atoms with Gasteiger partial charge in [-0.2, -0.15) is 22.6 Å². The van der Waals surface area contributed by atoms with Crippen LogP contribution in [0.4, 0.5) is 19.0 Å². The van der Waals surface area contributed by atoms with Crippen LogP contribution in [-0.2, 0) is 23.2 Å². The molecule has 1 aliphatic rings. The number of benzene rings is 1. The second-order valence-electron chi connectivity index (χ2n) is 7.68. The number of anilines is 1. The van der Waals surface area contributed by atoms with E-state index in [4.69, 9.17) is 0 Å². The summed E-state index contributed by atoms with van der Waals surface area (Å²) < 4.78 is 67.1. The lowest BCUT2D eigenvalue weighted by atomic mass is 10.1. The molecule has 2 aromatic heterocycles. The van der Waals surface area contributed by atoms with Gasteiger partial charge in [0.15, 0.2) is 0 Å². The summed E-state index contributed by atoms with van der Waals surface area (Å²) in [5.74, 6) is 0.338. The summed E-state index contributed by atoms with van der Waals surface area (Å²) in [6.07, 6.45) is 0.976. The van der Waals surface area contributed by atoms with Crippen molar-refractivity contribution in [1.29, 1.82) is 0 Å². The fourth-order valence-electron chi connectivity index (χ4n) is 3.64. The van der Waals surface area contributed by atoms with Crippen LogP contribution in [0.3, 0.4) is 0 Å². The van der Waals surface area contributed by atoms with Crippen molar-refractivity contribution in [1.82, 2.24) is 19.1 Å². The molecule has 0 radical (unpaired) electrons. The molecule has 1 aliphatic heterocycles. The van der Waals surface area contributed by atoms with Gasteiger partial charge in [-0.3, -0.25) is 4.68 Å². The minimum atomic E-state index is -4.43. The molecule has 1 N–H and O–H groups in total. The first kappa shape index (κ1) is 22.3. The van der Waals surface area contributed by atoms with Crippen LogP contribution in [0.1, 0.15) is 18.4 Å². The van der Waals surface area contributed by atoms with E-state index in [1.165, 1.54) is 10.4 Å². The van der Waals surface area contributed by atoms with Gasteiger partial charge in [0.1, 0.15) is 5.82 Å². The summed E-state index contributed by atoms with van der Waals surface area (Å²) in [4.78, 5) is 4.04. The van der Waals surface area contributed by atoms with Crippen molar-refractivity contribution in [2.45, 2.75) is 30.0 Å². The Morgan fingerprint density at radius 3 is 2.22 bits per heavy atom. The molecular formula is C21H22F3N5O2S. The van der Waals surface area contributed by atoms with Gasteiger partial charge in [0.2, 0.25) is 10.0 Å². The largest absolute Gasteiger partial charge is 0.417 e. The summed E-state index contributed by atoms with van der Waals surface area (Å²) in [5.41, 5.74) is 0.975. The number of pyridine rings is 1. The highest BCUT2D eigenvalue weighted by atomic mass is 32.2. The van der Waals surface area contributed by atoms with Crippen molar-refractivity contribution >= 4 is 15.8 Å². The fourth-order valence-corrected chi connectivity index (χ4v) is 5.10. The normalized spacial score (nSPS) is 16.2. The lowest BCUT2D eigenvalue weighted by molar-refractivity contribution is -0.137. The molecule has 0 atom stereocenters. The number of aromatic nitrogens is 3. The molecule has 3 heterocycles. The number of hydrogen-bond donors (Lipinski definition) is 1. The molecule has 7 nitrogen and oxygen atoms in total. The van der Waals surface area contributed by atoms with Gasteiger partial charge in [0, 0.05) is 44.1 Å². The van der Waals surface area contributed by atoms with Gasteiger partial charge >= 0.3 is 6.18 Å². The van der Waals surface area contributed by atoms with Crippen molar-refractivity contribution < 1.29 is 21.6 Å². The van der Waals surface area contributed by atoms with Crippen LogP contribution in [0, 0.1) is 0 Å². The van der Waals surface area contributed by atoms with E-state index in [-0.39, 0.29) is 10.9 Å². The van der Waals surface area contributed by atoms with Crippen LogP contribution < -0.4 is 5.32 Å². The first-order valence-electron chi connectivity index (χ1n) is 10.0. The van der Waals surface area contributed by atoms with Gasteiger partial charge in [0.05, 0.1) is 16.7 Å². The Morgan fingerprint density at radius 1 is 1.00 bits per heavy atom. The van der Waals surface area contributed by atoms with Crippen LogP contribution >= 0.6 is 0 Å². The van der Waals surface area contributed by atoms with Crippen molar-refractivity contribution in [2.24, 2.45) is 7.05 Å².